The van der Waals surface area contributed by atoms with Crippen molar-refractivity contribution in [3.63, 3.8) is 0 Å². The molecule has 1 unspecified atom stereocenters. The molecule has 2 N–H and O–H groups in total. The van der Waals surface area contributed by atoms with Gasteiger partial charge in [0.1, 0.15) is 0 Å². The summed E-state index contributed by atoms with van der Waals surface area (Å²) in [6.45, 7) is 0. The molecule has 0 saturated heterocycles. The summed E-state index contributed by atoms with van der Waals surface area (Å²) in [7, 11) is 4.04. The Balaban J connectivity index is 2.33. The number of halogens is 2. The van der Waals surface area contributed by atoms with Crippen LogP contribution in [0.2, 0.25) is 0 Å². The monoisotopic (exact) mass is 268 g/mol. The molecule has 0 amide bonds. The maximum absolute atomic E-state index is 13.4. The summed E-state index contributed by atoms with van der Waals surface area (Å²) in [5.74, 6) is -1.64. The van der Waals surface area contributed by atoms with Crippen molar-refractivity contribution >= 4 is 0 Å². The summed E-state index contributed by atoms with van der Waals surface area (Å²) in [6, 6.07) is 3.71. The Labute approximate surface area is 113 Å². The van der Waals surface area contributed by atoms with Gasteiger partial charge in [-0.1, -0.05) is 25.3 Å². The summed E-state index contributed by atoms with van der Waals surface area (Å²) in [6.07, 6.45) is 5.49. The van der Waals surface area contributed by atoms with E-state index in [4.69, 9.17) is 5.73 Å². The van der Waals surface area contributed by atoms with Crippen LogP contribution >= 0.6 is 0 Å². The van der Waals surface area contributed by atoms with Crippen LogP contribution in [0.15, 0.2) is 18.2 Å². The second-order valence-electron chi connectivity index (χ2n) is 5.71. The van der Waals surface area contributed by atoms with E-state index in [9.17, 15) is 8.78 Å². The van der Waals surface area contributed by atoms with Crippen molar-refractivity contribution in [3.05, 3.63) is 35.4 Å². The molecule has 0 spiro atoms. The van der Waals surface area contributed by atoms with Gasteiger partial charge in [0.05, 0.1) is 0 Å². The number of nitrogens with zero attached hydrogens (tertiary/aromatic N) is 1. The topological polar surface area (TPSA) is 29.3 Å². The summed E-state index contributed by atoms with van der Waals surface area (Å²) in [4.78, 5) is 2.15. The predicted molar refractivity (Wildman–Crippen MR) is 72.8 cm³/mol. The summed E-state index contributed by atoms with van der Waals surface area (Å²) < 4.78 is 26.4. The molecule has 4 heteroatoms. The molecular formula is C15H22F2N2. The average Bonchev–Trinajstić information content (AvgIpc) is 2.41. The first-order valence-electron chi connectivity index (χ1n) is 6.85. The van der Waals surface area contributed by atoms with E-state index in [1.54, 1.807) is 6.07 Å². The Morgan fingerprint density at radius 3 is 2.26 bits per heavy atom. The zero-order valence-corrected chi connectivity index (χ0v) is 11.6. The number of hydrogen-bond acceptors (Lipinski definition) is 2. The third-order valence-electron chi connectivity index (χ3n) is 4.49. The minimum Gasteiger partial charge on any atom is -0.322 e. The first kappa shape index (κ1) is 14.4. The minimum atomic E-state index is -0.822. The minimum absolute atomic E-state index is 0.150. The smallest absolute Gasteiger partial charge is 0.159 e. The first-order valence-corrected chi connectivity index (χ1v) is 6.85. The maximum atomic E-state index is 13.4. The molecular weight excluding hydrogens is 246 g/mol. The van der Waals surface area contributed by atoms with Gasteiger partial charge < -0.3 is 10.6 Å². The van der Waals surface area contributed by atoms with Gasteiger partial charge in [0, 0.05) is 11.6 Å². The van der Waals surface area contributed by atoms with Gasteiger partial charge in [-0.05, 0) is 44.6 Å². The van der Waals surface area contributed by atoms with E-state index in [1.165, 1.54) is 12.5 Å². The van der Waals surface area contributed by atoms with E-state index >= 15 is 0 Å². The average molecular weight is 268 g/mol. The highest BCUT2D eigenvalue weighted by Crippen LogP contribution is 2.40. The number of rotatable bonds is 3. The van der Waals surface area contributed by atoms with Crippen LogP contribution < -0.4 is 5.73 Å². The van der Waals surface area contributed by atoms with Gasteiger partial charge in [-0.15, -0.1) is 0 Å². The lowest BCUT2D eigenvalue weighted by molar-refractivity contribution is 0.0712. The molecule has 0 aromatic heterocycles. The second kappa shape index (κ2) is 5.55. The lowest BCUT2D eigenvalue weighted by Gasteiger charge is -2.47. The lowest BCUT2D eigenvalue weighted by atomic mass is 9.73. The molecule has 0 radical (unpaired) electrons. The zero-order chi connectivity index (χ0) is 14.0. The van der Waals surface area contributed by atoms with Crippen LogP contribution in [0, 0.1) is 11.6 Å². The van der Waals surface area contributed by atoms with Crippen molar-refractivity contribution in [2.45, 2.75) is 43.7 Å². The molecule has 1 atom stereocenters. The van der Waals surface area contributed by atoms with Crippen molar-refractivity contribution in [3.8, 4) is 0 Å². The van der Waals surface area contributed by atoms with E-state index < -0.39 is 11.6 Å². The Hall–Kier alpha value is -1.00. The molecule has 1 aliphatic carbocycles. The fourth-order valence-electron chi connectivity index (χ4n) is 3.22. The predicted octanol–water partition coefficient (Wildman–Crippen LogP) is 3.23. The number of nitrogens with two attached hydrogens (primary N) is 1. The van der Waals surface area contributed by atoms with Crippen molar-refractivity contribution in [1.82, 2.24) is 4.90 Å². The van der Waals surface area contributed by atoms with Crippen LogP contribution in [0.4, 0.5) is 8.78 Å². The number of likely N-dealkylation sites (N-methyl/N-ethyl adjacent to an activating group) is 1. The van der Waals surface area contributed by atoms with Crippen LogP contribution in [0.25, 0.3) is 0 Å². The van der Waals surface area contributed by atoms with Crippen LogP contribution in [-0.4, -0.2) is 24.5 Å². The van der Waals surface area contributed by atoms with Crippen molar-refractivity contribution in [2.24, 2.45) is 5.73 Å². The molecule has 2 rings (SSSR count). The summed E-state index contributed by atoms with van der Waals surface area (Å²) in [5, 5.41) is 0. The standard InChI is InChI=1S/C15H22F2N2/c1-19(2)15(8-4-3-5-9-15)14(18)11-6-7-12(16)13(17)10-11/h6-7,10,14H,3-5,8-9,18H2,1-2H3. The van der Waals surface area contributed by atoms with E-state index in [1.807, 2.05) is 14.1 Å². The molecule has 2 nitrogen and oxygen atoms in total. The van der Waals surface area contributed by atoms with E-state index in [-0.39, 0.29) is 11.6 Å². The van der Waals surface area contributed by atoms with Crippen LogP contribution in [0.3, 0.4) is 0 Å². The van der Waals surface area contributed by atoms with Crippen LogP contribution in [0.1, 0.15) is 43.7 Å². The second-order valence-corrected chi connectivity index (χ2v) is 5.71. The quantitative estimate of drug-likeness (QED) is 0.912. The normalized spacial score (nSPS) is 20.5. The summed E-state index contributed by atoms with van der Waals surface area (Å²) >= 11 is 0. The van der Waals surface area contributed by atoms with Crippen molar-refractivity contribution in [1.29, 1.82) is 0 Å². The van der Waals surface area contributed by atoms with Gasteiger partial charge in [0.15, 0.2) is 11.6 Å². The fourth-order valence-corrected chi connectivity index (χ4v) is 3.22. The highest BCUT2D eigenvalue weighted by molar-refractivity contribution is 5.25. The Bertz CT molecular complexity index is 440. The first-order chi connectivity index (χ1) is 8.97. The van der Waals surface area contributed by atoms with Crippen molar-refractivity contribution < 1.29 is 8.78 Å². The summed E-state index contributed by atoms with van der Waals surface area (Å²) in [5.41, 5.74) is 6.92. The van der Waals surface area contributed by atoms with E-state index in [2.05, 4.69) is 4.90 Å². The third kappa shape index (κ3) is 2.65. The zero-order valence-electron chi connectivity index (χ0n) is 11.6. The molecule has 1 aliphatic rings. The van der Waals surface area contributed by atoms with Gasteiger partial charge >= 0.3 is 0 Å². The highest BCUT2D eigenvalue weighted by atomic mass is 19.2. The van der Waals surface area contributed by atoms with Crippen LogP contribution in [0.5, 0.6) is 0 Å². The Morgan fingerprint density at radius 2 is 1.74 bits per heavy atom. The molecule has 0 aliphatic heterocycles. The molecule has 19 heavy (non-hydrogen) atoms. The largest absolute Gasteiger partial charge is 0.322 e. The molecule has 1 aromatic rings. The molecule has 1 fully saturated rings. The van der Waals surface area contributed by atoms with Gasteiger partial charge in [0.2, 0.25) is 0 Å². The Morgan fingerprint density at radius 1 is 1.11 bits per heavy atom. The molecule has 1 aromatic carbocycles. The maximum Gasteiger partial charge on any atom is 0.159 e. The van der Waals surface area contributed by atoms with E-state index in [0.717, 1.165) is 31.7 Å². The Kier molecular flexibility index (Phi) is 4.21. The lowest BCUT2D eigenvalue weighted by Crippen LogP contribution is -2.53. The molecule has 0 heterocycles. The van der Waals surface area contributed by atoms with Gasteiger partial charge in [-0.3, -0.25) is 0 Å². The molecule has 0 bridgehead atoms. The SMILES string of the molecule is CN(C)C1(C(N)c2ccc(F)c(F)c2)CCCCC1. The van der Waals surface area contributed by atoms with Gasteiger partial charge in [-0.2, -0.15) is 0 Å². The third-order valence-corrected chi connectivity index (χ3v) is 4.49. The fraction of sp³-hybridized carbons (Fsp3) is 0.600. The molecule has 106 valence electrons. The van der Waals surface area contributed by atoms with Crippen LogP contribution in [-0.2, 0) is 0 Å². The number of hydrogen-bond donors (Lipinski definition) is 1. The van der Waals surface area contributed by atoms with Crippen molar-refractivity contribution in [2.75, 3.05) is 14.1 Å². The highest BCUT2D eigenvalue weighted by Gasteiger charge is 2.40. The van der Waals surface area contributed by atoms with Gasteiger partial charge in [0.25, 0.3) is 0 Å². The molecule has 1 saturated carbocycles. The van der Waals surface area contributed by atoms with E-state index in [0.29, 0.717) is 5.56 Å². The van der Waals surface area contributed by atoms with Gasteiger partial charge in [-0.25, -0.2) is 8.78 Å². The number of benzene rings is 1.